The van der Waals surface area contributed by atoms with Crippen LogP contribution in [-0.4, -0.2) is 59.7 Å². The van der Waals surface area contributed by atoms with E-state index in [2.05, 4.69) is 20.5 Å². The minimum atomic E-state index is -4.70. The van der Waals surface area contributed by atoms with Crippen LogP contribution in [0.1, 0.15) is 34.5 Å². The van der Waals surface area contributed by atoms with E-state index in [9.17, 15) is 30.0 Å². The summed E-state index contributed by atoms with van der Waals surface area (Å²) in [6, 6.07) is 18.0. The van der Waals surface area contributed by atoms with Gasteiger partial charge in [-0.3, -0.25) is 0 Å². The van der Waals surface area contributed by atoms with Crippen molar-refractivity contribution in [2.24, 2.45) is 10.2 Å². The normalized spacial score (nSPS) is 17.7. The average molecular weight is 660 g/mol. The molecular weight excluding hydrogens is 631 g/mol. The molecule has 0 aliphatic carbocycles. The number of nitrogens with zero attached hydrogens (tertiary/aromatic N) is 7. The molecule has 16 heteroatoms. The van der Waals surface area contributed by atoms with Gasteiger partial charge in [-0.05, 0) is 56.7 Å². The highest BCUT2D eigenvalue weighted by molar-refractivity contribution is 7.89. The Kier molecular flexibility index (Phi) is 7.66. The monoisotopic (exact) mass is 659 g/mol. The van der Waals surface area contributed by atoms with Gasteiger partial charge < -0.3 is 0 Å². The van der Waals surface area contributed by atoms with E-state index in [1.54, 1.807) is 24.3 Å². The standard InChI is InChI=1S/C29H28F3N7O4S2/c1-20-4-12-24(13-5-20)44(40,41)37-16-3-17-38(45(42,43)25-14-6-21(2)7-15-25)19-27-26(18-37)33-36-39(27)23-10-8-22(9-11-23)28(34-35-28)29(30,31)32/h4-15H,3,16-19H2,1-2H3. The van der Waals surface area contributed by atoms with Gasteiger partial charge in [0.2, 0.25) is 20.0 Å². The van der Waals surface area contributed by atoms with Crippen molar-refractivity contribution >= 4 is 20.0 Å². The van der Waals surface area contributed by atoms with Crippen LogP contribution >= 0.6 is 0 Å². The Hall–Kier alpha value is -3.99. The maximum absolute atomic E-state index is 13.9. The highest BCUT2D eigenvalue weighted by atomic mass is 32.2. The second-order valence-electron chi connectivity index (χ2n) is 11.0. The predicted molar refractivity (Wildman–Crippen MR) is 156 cm³/mol. The number of aryl methyl sites for hydroxylation is 2. The molecule has 1 aromatic heterocycles. The summed E-state index contributed by atoms with van der Waals surface area (Å²) in [6.45, 7) is 3.25. The molecule has 0 N–H and O–H groups in total. The van der Waals surface area contributed by atoms with Crippen LogP contribution in [0, 0.1) is 13.8 Å². The van der Waals surface area contributed by atoms with Gasteiger partial charge in [-0.2, -0.15) is 21.8 Å². The van der Waals surface area contributed by atoms with Crippen molar-refractivity contribution in [1.29, 1.82) is 0 Å². The third kappa shape index (κ3) is 5.67. The lowest BCUT2D eigenvalue weighted by Gasteiger charge is -2.23. The third-order valence-corrected chi connectivity index (χ3v) is 11.6. The number of sulfonamides is 2. The number of benzene rings is 3. The van der Waals surface area contributed by atoms with Gasteiger partial charge in [0.15, 0.2) is 0 Å². The van der Waals surface area contributed by atoms with Crippen molar-refractivity contribution < 1.29 is 30.0 Å². The maximum Gasteiger partial charge on any atom is 0.442 e. The highest BCUT2D eigenvalue weighted by Crippen LogP contribution is 2.52. The fraction of sp³-hybridized carbons (Fsp3) is 0.310. The van der Waals surface area contributed by atoms with E-state index in [0.29, 0.717) is 5.69 Å². The van der Waals surface area contributed by atoms with Crippen LogP contribution in [0.2, 0.25) is 0 Å². The summed E-state index contributed by atoms with van der Waals surface area (Å²) in [7, 11) is -8.06. The first-order valence-corrected chi connectivity index (χ1v) is 16.8. The molecule has 11 nitrogen and oxygen atoms in total. The lowest BCUT2D eigenvalue weighted by atomic mass is 10.0. The smallest absolute Gasteiger partial charge is 0.216 e. The van der Waals surface area contributed by atoms with E-state index < -0.39 is 31.9 Å². The number of hydrogen-bond acceptors (Lipinski definition) is 8. The highest BCUT2D eigenvalue weighted by Gasteiger charge is 2.65. The molecule has 3 aromatic carbocycles. The molecule has 0 fully saturated rings. The van der Waals surface area contributed by atoms with Crippen LogP contribution in [-0.2, 0) is 38.8 Å². The molecule has 0 spiro atoms. The van der Waals surface area contributed by atoms with Gasteiger partial charge in [0.05, 0.1) is 34.3 Å². The maximum atomic E-state index is 13.9. The quantitative estimate of drug-likeness (QED) is 0.291. The molecule has 2 aliphatic rings. The Balaban J connectivity index is 1.41. The summed E-state index contributed by atoms with van der Waals surface area (Å²) in [5, 5.41) is 14.9. The molecule has 0 atom stereocenters. The summed E-state index contributed by atoms with van der Waals surface area (Å²) < 4.78 is 99.7. The lowest BCUT2D eigenvalue weighted by molar-refractivity contribution is -0.166. The van der Waals surface area contributed by atoms with Gasteiger partial charge in [0.25, 0.3) is 0 Å². The first-order chi connectivity index (χ1) is 21.2. The zero-order valence-corrected chi connectivity index (χ0v) is 25.8. The Morgan fingerprint density at radius 1 is 0.711 bits per heavy atom. The molecule has 0 saturated carbocycles. The van der Waals surface area contributed by atoms with Crippen LogP contribution in [0.3, 0.4) is 0 Å². The summed E-state index contributed by atoms with van der Waals surface area (Å²) in [5.74, 6) is 0. The van der Waals surface area contributed by atoms with E-state index in [-0.39, 0.29) is 59.3 Å². The Morgan fingerprint density at radius 2 is 1.20 bits per heavy atom. The van der Waals surface area contributed by atoms with E-state index in [1.807, 2.05) is 13.8 Å². The minimum absolute atomic E-state index is 0.00362. The molecule has 0 amide bonds. The van der Waals surface area contributed by atoms with Crippen LogP contribution in [0.15, 0.2) is 92.8 Å². The lowest BCUT2D eigenvalue weighted by Crippen LogP contribution is -2.34. The number of alkyl halides is 3. The molecule has 0 bridgehead atoms. The Labute approximate surface area is 258 Å². The summed E-state index contributed by atoms with van der Waals surface area (Å²) in [6.07, 6.45) is -4.51. The Bertz CT molecular complexity index is 1970. The van der Waals surface area contributed by atoms with Crippen LogP contribution in [0.4, 0.5) is 13.2 Å². The van der Waals surface area contributed by atoms with E-state index >= 15 is 0 Å². The zero-order valence-electron chi connectivity index (χ0n) is 24.2. The molecule has 0 saturated heterocycles. The second-order valence-corrected chi connectivity index (χ2v) is 14.8. The van der Waals surface area contributed by atoms with Gasteiger partial charge in [0, 0.05) is 18.7 Å². The van der Waals surface area contributed by atoms with Crippen LogP contribution in [0.25, 0.3) is 5.69 Å². The molecule has 6 rings (SSSR count). The fourth-order valence-corrected chi connectivity index (χ4v) is 8.02. The van der Waals surface area contributed by atoms with Gasteiger partial charge in [-0.1, -0.05) is 52.7 Å². The van der Waals surface area contributed by atoms with Gasteiger partial charge in [0.1, 0.15) is 5.69 Å². The van der Waals surface area contributed by atoms with Crippen LogP contribution < -0.4 is 0 Å². The zero-order chi connectivity index (χ0) is 32.2. The molecule has 3 heterocycles. The van der Waals surface area contributed by atoms with E-state index in [0.717, 1.165) is 11.1 Å². The second kappa shape index (κ2) is 11.1. The first-order valence-electron chi connectivity index (χ1n) is 13.9. The van der Waals surface area contributed by atoms with Crippen molar-refractivity contribution in [3.05, 3.63) is 101 Å². The van der Waals surface area contributed by atoms with Gasteiger partial charge in [-0.25, -0.2) is 21.5 Å². The molecule has 4 aromatic rings. The van der Waals surface area contributed by atoms with Crippen molar-refractivity contribution in [1.82, 2.24) is 23.6 Å². The number of hydrogen-bond donors (Lipinski definition) is 0. The number of halogens is 3. The van der Waals surface area contributed by atoms with Crippen molar-refractivity contribution in [3.8, 4) is 5.69 Å². The summed E-state index contributed by atoms with van der Waals surface area (Å²) >= 11 is 0. The van der Waals surface area contributed by atoms with E-state index in [4.69, 9.17) is 0 Å². The van der Waals surface area contributed by atoms with E-state index in [1.165, 1.54) is 61.8 Å². The molecule has 45 heavy (non-hydrogen) atoms. The first kappa shape index (κ1) is 31.0. The predicted octanol–water partition coefficient (Wildman–Crippen LogP) is 4.85. The molecule has 2 aliphatic heterocycles. The SMILES string of the molecule is Cc1ccc(S(=O)(=O)N2CCCN(S(=O)(=O)c3ccc(C)cc3)Cc3c(nnn3-c3ccc(C4(C(F)(F)F)N=N4)cc3)C2)cc1. The van der Waals surface area contributed by atoms with Gasteiger partial charge >= 0.3 is 11.8 Å². The van der Waals surface area contributed by atoms with Crippen molar-refractivity contribution in [3.63, 3.8) is 0 Å². The largest absolute Gasteiger partial charge is 0.442 e. The number of aromatic nitrogens is 3. The molecule has 0 radical (unpaired) electrons. The van der Waals surface area contributed by atoms with Crippen molar-refractivity contribution in [2.45, 2.75) is 55.0 Å². The average Bonchev–Trinajstić information content (AvgIpc) is 3.71. The summed E-state index contributed by atoms with van der Waals surface area (Å²) in [5.41, 5.74) is -0.248. The Morgan fingerprint density at radius 3 is 1.67 bits per heavy atom. The van der Waals surface area contributed by atoms with Gasteiger partial charge in [-0.15, -0.1) is 15.3 Å². The number of rotatable bonds is 6. The molecular formula is C29H28F3N7O4S2. The fourth-order valence-electron chi connectivity index (χ4n) is 5.14. The van der Waals surface area contributed by atoms with Crippen molar-refractivity contribution in [2.75, 3.05) is 13.1 Å². The number of fused-ring (bicyclic) bond motifs is 1. The third-order valence-electron chi connectivity index (χ3n) is 7.84. The topological polar surface area (TPSA) is 130 Å². The molecule has 236 valence electrons. The van der Waals surface area contributed by atoms with Crippen LogP contribution in [0.5, 0.6) is 0 Å². The summed E-state index contributed by atoms with van der Waals surface area (Å²) in [4.78, 5) is 0.145. The minimum Gasteiger partial charge on any atom is -0.216 e. The molecule has 0 unspecified atom stereocenters.